The van der Waals surface area contributed by atoms with E-state index in [2.05, 4.69) is 10.6 Å². The molecule has 0 aliphatic heterocycles. The molecule has 2 aromatic rings. The van der Waals surface area contributed by atoms with Crippen LogP contribution in [0.2, 0.25) is 0 Å². The van der Waals surface area contributed by atoms with Gasteiger partial charge in [-0.15, -0.1) is 0 Å². The van der Waals surface area contributed by atoms with Gasteiger partial charge < -0.3 is 19.8 Å². The van der Waals surface area contributed by atoms with E-state index in [4.69, 9.17) is 9.15 Å². The van der Waals surface area contributed by atoms with Crippen molar-refractivity contribution in [3.63, 3.8) is 0 Å². The van der Waals surface area contributed by atoms with Gasteiger partial charge >= 0.3 is 0 Å². The topological polar surface area (TPSA) is 80.6 Å². The Bertz CT molecular complexity index is 641. The van der Waals surface area contributed by atoms with Crippen molar-refractivity contribution < 1.29 is 18.7 Å². The molecular formula is C19H24N2O4. The van der Waals surface area contributed by atoms with Gasteiger partial charge in [0, 0.05) is 26.2 Å². The summed E-state index contributed by atoms with van der Waals surface area (Å²) in [5.74, 6) is -0.446. The van der Waals surface area contributed by atoms with E-state index in [0.29, 0.717) is 26.2 Å². The Morgan fingerprint density at radius 3 is 2.64 bits per heavy atom. The number of carbonyl (C=O) groups is 2. The average molecular weight is 344 g/mol. The van der Waals surface area contributed by atoms with Gasteiger partial charge in [-0.25, -0.2) is 0 Å². The Balaban J connectivity index is 1.95. The standard InChI is InChI=1S/C19H24N2O4/c1-2-24-12-7-11-20-18(22)16(14-15-8-4-3-5-9-15)21-19(23)17-10-6-13-25-17/h3-6,8-10,13,16H,2,7,11-12,14H2,1H3,(H,20,22)(H,21,23)/t16-/m1/s1. The maximum absolute atomic E-state index is 12.5. The summed E-state index contributed by atoms with van der Waals surface area (Å²) in [5.41, 5.74) is 0.969. The molecule has 1 aromatic carbocycles. The Morgan fingerprint density at radius 2 is 1.96 bits per heavy atom. The molecule has 1 atom stereocenters. The van der Waals surface area contributed by atoms with Gasteiger partial charge in [0.2, 0.25) is 5.91 Å². The molecule has 0 spiro atoms. The van der Waals surface area contributed by atoms with Crippen molar-refractivity contribution >= 4 is 11.8 Å². The van der Waals surface area contributed by atoms with Crippen molar-refractivity contribution in [1.82, 2.24) is 10.6 Å². The molecule has 0 fully saturated rings. The van der Waals surface area contributed by atoms with E-state index in [1.807, 2.05) is 37.3 Å². The largest absolute Gasteiger partial charge is 0.459 e. The highest BCUT2D eigenvalue weighted by atomic mass is 16.5. The van der Waals surface area contributed by atoms with Crippen LogP contribution >= 0.6 is 0 Å². The number of benzene rings is 1. The predicted molar refractivity (Wildman–Crippen MR) is 94.2 cm³/mol. The van der Waals surface area contributed by atoms with Crippen molar-refractivity contribution in [1.29, 1.82) is 0 Å². The van der Waals surface area contributed by atoms with E-state index in [0.717, 1.165) is 12.0 Å². The number of hydrogen-bond donors (Lipinski definition) is 2. The van der Waals surface area contributed by atoms with Crippen LogP contribution in [0.1, 0.15) is 29.5 Å². The molecule has 0 unspecified atom stereocenters. The number of amides is 2. The fourth-order valence-corrected chi connectivity index (χ4v) is 2.35. The van der Waals surface area contributed by atoms with Crippen LogP contribution in [0.25, 0.3) is 0 Å². The molecule has 6 nitrogen and oxygen atoms in total. The second kappa shape index (κ2) is 10.3. The summed E-state index contributed by atoms with van der Waals surface area (Å²) in [6, 6.07) is 12.1. The van der Waals surface area contributed by atoms with Crippen LogP contribution < -0.4 is 10.6 Å². The third-order valence-corrected chi connectivity index (χ3v) is 3.62. The first-order chi connectivity index (χ1) is 12.2. The Morgan fingerprint density at radius 1 is 1.16 bits per heavy atom. The highest BCUT2D eigenvalue weighted by Gasteiger charge is 2.22. The lowest BCUT2D eigenvalue weighted by molar-refractivity contribution is -0.123. The monoisotopic (exact) mass is 344 g/mol. The zero-order valence-corrected chi connectivity index (χ0v) is 14.4. The van der Waals surface area contributed by atoms with Gasteiger partial charge in [-0.05, 0) is 31.0 Å². The second-order valence-electron chi connectivity index (χ2n) is 5.53. The van der Waals surface area contributed by atoms with E-state index in [1.165, 1.54) is 6.26 Å². The normalized spacial score (nSPS) is 11.7. The number of nitrogens with one attached hydrogen (secondary N) is 2. The average Bonchev–Trinajstić information content (AvgIpc) is 3.16. The molecular weight excluding hydrogens is 320 g/mol. The molecule has 2 rings (SSSR count). The van der Waals surface area contributed by atoms with Crippen molar-refractivity contribution in [2.75, 3.05) is 19.8 Å². The Labute approximate surface area is 147 Å². The molecule has 0 radical (unpaired) electrons. The molecule has 0 saturated heterocycles. The van der Waals surface area contributed by atoms with E-state index < -0.39 is 11.9 Å². The zero-order chi connectivity index (χ0) is 17.9. The van der Waals surface area contributed by atoms with Gasteiger partial charge in [-0.2, -0.15) is 0 Å². The van der Waals surface area contributed by atoms with Crippen molar-refractivity contribution in [2.45, 2.75) is 25.8 Å². The van der Waals surface area contributed by atoms with E-state index in [1.54, 1.807) is 12.1 Å². The number of hydrogen-bond acceptors (Lipinski definition) is 4. The third kappa shape index (κ3) is 6.43. The van der Waals surface area contributed by atoms with Crippen LogP contribution in [0.3, 0.4) is 0 Å². The highest BCUT2D eigenvalue weighted by molar-refractivity contribution is 5.95. The van der Waals surface area contributed by atoms with Crippen LogP contribution in [0.4, 0.5) is 0 Å². The summed E-state index contributed by atoms with van der Waals surface area (Å²) in [4.78, 5) is 24.7. The van der Waals surface area contributed by atoms with Crippen molar-refractivity contribution in [3.8, 4) is 0 Å². The quantitative estimate of drug-likeness (QED) is 0.647. The van der Waals surface area contributed by atoms with Crippen molar-refractivity contribution in [2.24, 2.45) is 0 Å². The fraction of sp³-hybridized carbons (Fsp3) is 0.368. The van der Waals surface area contributed by atoms with E-state index in [-0.39, 0.29) is 11.7 Å². The van der Waals surface area contributed by atoms with Gasteiger partial charge in [0.15, 0.2) is 5.76 Å². The minimum absolute atomic E-state index is 0.183. The van der Waals surface area contributed by atoms with Gasteiger partial charge in [-0.3, -0.25) is 9.59 Å². The van der Waals surface area contributed by atoms with Crippen LogP contribution in [0.15, 0.2) is 53.1 Å². The molecule has 134 valence electrons. The van der Waals surface area contributed by atoms with Gasteiger partial charge in [0.05, 0.1) is 6.26 Å². The first-order valence-electron chi connectivity index (χ1n) is 8.44. The predicted octanol–water partition coefficient (Wildman–Crippen LogP) is 2.16. The lowest BCUT2D eigenvalue weighted by Gasteiger charge is -2.18. The van der Waals surface area contributed by atoms with Gasteiger partial charge in [-0.1, -0.05) is 30.3 Å². The maximum atomic E-state index is 12.5. The Kier molecular flexibility index (Phi) is 7.72. The molecule has 0 aliphatic carbocycles. The summed E-state index contributed by atoms with van der Waals surface area (Å²) in [6.45, 7) is 3.68. The summed E-state index contributed by atoms with van der Waals surface area (Å²) in [6.07, 6.45) is 2.56. The summed E-state index contributed by atoms with van der Waals surface area (Å²) < 4.78 is 10.3. The zero-order valence-electron chi connectivity index (χ0n) is 14.4. The first-order valence-corrected chi connectivity index (χ1v) is 8.44. The number of furan rings is 1. The number of ether oxygens (including phenoxy) is 1. The van der Waals surface area contributed by atoms with E-state index in [9.17, 15) is 9.59 Å². The summed E-state index contributed by atoms with van der Waals surface area (Å²) >= 11 is 0. The maximum Gasteiger partial charge on any atom is 0.287 e. The minimum Gasteiger partial charge on any atom is -0.459 e. The van der Waals surface area contributed by atoms with E-state index >= 15 is 0 Å². The summed E-state index contributed by atoms with van der Waals surface area (Å²) in [7, 11) is 0. The molecule has 0 bridgehead atoms. The lowest BCUT2D eigenvalue weighted by Crippen LogP contribution is -2.48. The smallest absolute Gasteiger partial charge is 0.287 e. The molecule has 2 amide bonds. The second-order valence-corrected chi connectivity index (χ2v) is 5.53. The highest BCUT2D eigenvalue weighted by Crippen LogP contribution is 2.06. The summed E-state index contributed by atoms with van der Waals surface area (Å²) in [5, 5.41) is 5.59. The lowest BCUT2D eigenvalue weighted by atomic mass is 10.0. The molecule has 0 saturated carbocycles. The number of carbonyl (C=O) groups excluding carboxylic acids is 2. The minimum atomic E-state index is -0.674. The van der Waals surface area contributed by atoms with Gasteiger partial charge in [0.1, 0.15) is 6.04 Å². The molecule has 0 aliphatic rings. The number of rotatable bonds is 10. The molecule has 2 N–H and O–H groups in total. The van der Waals surface area contributed by atoms with Gasteiger partial charge in [0.25, 0.3) is 5.91 Å². The molecule has 25 heavy (non-hydrogen) atoms. The van der Waals surface area contributed by atoms with Crippen LogP contribution in [0, 0.1) is 0 Å². The van der Waals surface area contributed by atoms with Crippen LogP contribution in [0.5, 0.6) is 0 Å². The van der Waals surface area contributed by atoms with Crippen LogP contribution in [-0.2, 0) is 16.0 Å². The van der Waals surface area contributed by atoms with Crippen LogP contribution in [-0.4, -0.2) is 37.6 Å². The fourth-order valence-electron chi connectivity index (χ4n) is 2.35. The third-order valence-electron chi connectivity index (χ3n) is 3.62. The SMILES string of the molecule is CCOCCCNC(=O)[C@@H](Cc1ccccc1)NC(=O)c1ccco1. The first kappa shape index (κ1) is 18.7. The Hall–Kier alpha value is -2.60. The van der Waals surface area contributed by atoms with Crippen molar-refractivity contribution in [3.05, 3.63) is 60.1 Å². The molecule has 6 heteroatoms. The molecule has 1 heterocycles. The molecule has 1 aromatic heterocycles.